The lowest BCUT2D eigenvalue weighted by atomic mass is 10.1. The predicted octanol–water partition coefficient (Wildman–Crippen LogP) is 4.60. The fourth-order valence-corrected chi connectivity index (χ4v) is 3.86. The number of esters is 1. The summed E-state index contributed by atoms with van der Waals surface area (Å²) in [6.07, 6.45) is -0.0187. The molecule has 2 aromatic carbocycles. The molecule has 1 aliphatic rings. The average Bonchev–Trinajstić information content (AvgIpc) is 3.05. The third kappa shape index (κ3) is 5.29. The van der Waals surface area contributed by atoms with E-state index in [-0.39, 0.29) is 18.9 Å². The van der Waals surface area contributed by atoms with E-state index in [1.165, 1.54) is 4.90 Å². The van der Waals surface area contributed by atoms with Crippen LogP contribution in [0.2, 0.25) is 10.0 Å². The van der Waals surface area contributed by atoms with E-state index >= 15 is 0 Å². The number of aryl methyl sites for hydroxylation is 1. The van der Waals surface area contributed by atoms with Crippen LogP contribution in [-0.2, 0) is 19.1 Å². The lowest BCUT2D eigenvalue weighted by molar-refractivity contribution is -0.151. The molecule has 152 valence electrons. The van der Waals surface area contributed by atoms with Crippen LogP contribution in [0.1, 0.15) is 12.0 Å². The Labute approximate surface area is 186 Å². The quantitative estimate of drug-likeness (QED) is 0.610. The molecule has 0 aliphatic carbocycles. The van der Waals surface area contributed by atoms with Gasteiger partial charge in [-0.15, -0.1) is 0 Å². The lowest BCUT2D eigenvalue weighted by Crippen LogP contribution is -2.28. The van der Waals surface area contributed by atoms with Crippen molar-refractivity contribution in [3.05, 3.63) is 56.5 Å². The minimum atomic E-state index is -0.681. The second-order valence-electron chi connectivity index (χ2n) is 6.62. The number of rotatable bonds is 5. The highest BCUT2D eigenvalue weighted by Gasteiger charge is 2.37. The number of anilines is 2. The third-order valence-corrected chi connectivity index (χ3v) is 5.51. The molecule has 1 atom stereocenters. The zero-order valence-electron chi connectivity index (χ0n) is 15.4. The maximum Gasteiger partial charge on any atom is 0.311 e. The molecule has 0 bridgehead atoms. The summed E-state index contributed by atoms with van der Waals surface area (Å²) in [5.41, 5.74) is 1.95. The summed E-state index contributed by atoms with van der Waals surface area (Å²) in [5, 5.41) is 3.49. The first kappa shape index (κ1) is 21.6. The Bertz CT molecular complexity index is 983. The molecule has 1 heterocycles. The van der Waals surface area contributed by atoms with Gasteiger partial charge in [0.25, 0.3) is 5.91 Å². The minimum Gasteiger partial charge on any atom is -0.455 e. The Balaban J connectivity index is 1.56. The zero-order valence-corrected chi connectivity index (χ0v) is 18.5. The summed E-state index contributed by atoms with van der Waals surface area (Å²) < 4.78 is 6.01. The molecule has 0 unspecified atom stereocenters. The maximum absolute atomic E-state index is 12.3. The van der Waals surface area contributed by atoms with Crippen molar-refractivity contribution in [2.24, 2.45) is 5.92 Å². The normalized spacial score (nSPS) is 16.1. The predicted molar refractivity (Wildman–Crippen MR) is 115 cm³/mol. The number of nitrogens with one attached hydrogen (secondary N) is 1. The van der Waals surface area contributed by atoms with E-state index in [1.54, 1.807) is 30.3 Å². The standard InChI is InChI=1S/C20H17BrCl2N2O4/c1-11-6-13(21)2-5-16(11)24-18(26)10-29-20(28)12-7-19(27)25(9-12)17-8-14(22)3-4-15(17)23/h2-6,8,12H,7,9-10H2,1H3,(H,24,26)/t12-/m0/s1. The number of hydrogen-bond donors (Lipinski definition) is 1. The summed E-state index contributed by atoms with van der Waals surface area (Å²) in [6.45, 7) is 1.54. The van der Waals surface area contributed by atoms with Crippen molar-refractivity contribution >= 4 is 68.3 Å². The van der Waals surface area contributed by atoms with Gasteiger partial charge in [0.15, 0.2) is 6.61 Å². The highest BCUT2D eigenvalue weighted by Crippen LogP contribution is 2.33. The van der Waals surface area contributed by atoms with E-state index in [0.717, 1.165) is 10.0 Å². The number of ether oxygens (including phenoxy) is 1. The van der Waals surface area contributed by atoms with Crippen molar-refractivity contribution in [3.8, 4) is 0 Å². The Hall–Kier alpha value is -2.09. The summed E-state index contributed by atoms with van der Waals surface area (Å²) in [5.74, 6) is -2.00. The monoisotopic (exact) mass is 498 g/mol. The van der Waals surface area contributed by atoms with E-state index in [9.17, 15) is 14.4 Å². The van der Waals surface area contributed by atoms with Crippen LogP contribution in [0.25, 0.3) is 0 Å². The van der Waals surface area contributed by atoms with Crippen LogP contribution in [0.4, 0.5) is 11.4 Å². The van der Waals surface area contributed by atoms with Crippen molar-refractivity contribution in [1.82, 2.24) is 0 Å². The summed E-state index contributed by atoms with van der Waals surface area (Å²) >= 11 is 15.5. The molecule has 1 fully saturated rings. The molecule has 0 spiro atoms. The topological polar surface area (TPSA) is 75.7 Å². The molecule has 0 saturated carbocycles. The van der Waals surface area contributed by atoms with Gasteiger partial charge in [0, 0.05) is 28.1 Å². The van der Waals surface area contributed by atoms with Gasteiger partial charge in [-0.3, -0.25) is 14.4 Å². The smallest absolute Gasteiger partial charge is 0.311 e. The van der Waals surface area contributed by atoms with Crippen molar-refractivity contribution < 1.29 is 19.1 Å². The van der Waals surface area contributed by atoms with Crippen LogP contribution in [0.15, 0.2) is 40.9 Å². The van der Waals surface area contributed by atoms with Crippen LogP contribution in [0.5, 0.6) is 0 Å². The molecule has 29 heavy (non-hydrogen) atoms. The molecule has 0 aromatic heterocycles. The second kappa shape index (κ2) is 9.15. The Morgan fingerprint density at radius 1 is 1.24 bits per heavy atom. The second-order valence-corrected chi connectivity index (χ2v) is 8.38. The van der Waals surface area contributed by atoms with Gasteiger partial charge in [-0.2, -0.15) is 0 Å². The first-order valence-electron chi connectivity index (χ1n) is 8.72. The van der Waals surface area contributed by atoms with Crippen LogP contribution < -0.4 is 10.2 Å². The van der Waals surface area contributed by atoms with Crippen LogP contribution in [0, 0.1) is 12.8 Å². The number of carbonyl (C=O) groups excluding carboxylic acids is 3. The van der Waals surface area contributed by atoms with Crippen LogP contribution >= 0.6 is 39.1 Å². The molecule has 6 nitrogen and oxygen atoms in total. The van der Waals surface area contributed by atoms with Gasteiger partial charge in [0.05, 0.1) is 16.6 Å². The SMILES string of the molecule is Cc1cc(Br)ccc1NC(=O)COC(=O)[C@H]1CC(=O)N(c2cc(Cl)ccc2Cl)C1. The Morgan fingerprint density at radius 3 is 2.72 bits per heavy atom. The van der Waals surface area contributed by atoms with E-state index in [0.29, 0.717) is 21.4 Å². The van der Waals surface area contributed by atoms with Gasteiger partial charge < -0.3 is 15.0 Å². The number of amides is 2. The van der Waals surface area contributed by atoms with Crippen molar-refractivity contribution in [2.75, 3.05) is 23.4 Å². The molecule has 2 aromatic rings. The van der Waals surface area contributed by atoms with E-state index in [4.69, 9.17) is 27.9 Å². The number of halogens is 3. The molecule has 2 amide bonds. The van der Waals surface area contributed by atoms with Gasteiger partial charge in [0.2, 0.25) is 5.91 Å². The number of nitrogens with zero attached hydrogens (tertiary/aromatic N) is 1. The Morgan fingerprint density at radius 2 is 2.00 bits per heavy atom. The van der Waals surface area contributed by atoms with Gasteiger partial charge in [0.1, 0.15) is 0 Å². The molecule has 3 rings (SSSR count). The Kier molecular flexibility index (Phi) is 6.82. The van der Waals surface area contributed by atoms with Gasteiger partial charge in [-0.05, 0) is 48.9 Å². The third-order valence-electron chi connectivity index (χ3n) is 4.47. The molecule has 1 N–H and O–H groups in total. The molecular formula is C20H17BrCl2N2O4. The van der Waals surface area contributed by atoms with Gasteiger partial charge in [-0.25, -0.2) is 0 Å². The van der Waals surface area contributed by atoms with Crippen molar-refractivity contribution in [1.29, 1.82) is 0 Å². The number of benzene rings is 2. The molecule has 0 radical (unpaired) electrons. The van der Waals surface area contributed by atoms with E-state index in [2.05, 4.69) is 21.2 Å². The first-order valence-corrected chi connectivity index (χ1v) is 10.3. The largest absolute Gasteiger partial charge is 0.455 e. The zero-order chi connectivity index (χ0) is 21.1. The highest BCUT2D eigenvalue weighted by molar-refractivity contribution is 9.10. The summed E-state index contributed by atoms with van der Waals surface area (Å²) in [6, 6.07) is 10.2. The molecule has 9 heteroatoms. The van der Waals surface area contributed by atoms with Crippen LogP contribution in [0.3, 0.4) is 0 Å². The van der Waals surface area contributed by atoms with Gasteiger partial charge >= 0.3 is 5.97 Å². The minimum absolute atomic E-state index is 0.0187. The van der Waals surface area contributed by atoms with E-state index < -0.39 is 24.4 Å². The summed E-state index contributed by atoms with van der Waals surface area (Å²) in [4.78, 5) is 38.2. The molecular weight excluding hydrogens is 483 g/mol. The average molecular weight is 500 g/mol. The number of carbonyl (C=O) groups is 3. The maximum atomic E-state index is 12.3. The fourth-order valence-electron chi connectivity index (χ4n) is 3.00. The summed E-state index contributed by atoms with van der Waals surface area (Å²) in [7, 11) is 0. The first-order chi connectivity index (χ1) is 13.7. The van der Waals surface area contributed by atoms with E-state index in [1.807, 2.05) is 13.0 Å². The van der Waals surface area contributed by atoms with Crippen molar-refractivity contribution in [3.63, 3.8) is 0 Å². The van der Waals surface area contributed by atoms with Gasteiger partial charge in [-0.1, -0.05) is 39.1 Å². The van der Waals surface area contributed by atoms with Crippen LogP contribution in [-0.4, -0.2) is 30.9 Å². The van der Waals surface area contributed by atoms with Crippen molar-refractivity contribution in [2.45, 2.75) is 13.3 Å². The lowest BCUT2D eigenvalue weighted by Gasteiger charge is -2.18. The number of hydrogen-bond acceptors (Lipinski definition) is 4. The molecule has 1 saturated heterocycles. The molecule has 1 aliphatic heterocycles. The fraction of sp³-hybridized carbons (Fsp3) is 0.250. The highest BCUT2D eigenvalue weighted by atomic mass is 79.9.